The molecule has 142 valence electrons. The van der Waals surface area contributed by atoms with Crippen LogP contribution >= 0.6 is 0 Å². The molecule has 1 amide bonds. The van der Waals surface area contributed by atoms with Crippen LogP contribution in [0.25, 0.3) is 0 Å². The van der Waals surface area contributed by atoms with Crippen LogP contribution in [-0.4, -0.2) is 51.4 Å². The van der Waals surface area contributed by atoms with E-state index in [9.17, 15) is 4.79 Å². The fourth-order valence-corrected chi connectivity index (χ4v) is 5.03. The van der Waals surface area contributed by atoms with Gasteiger partial charge < -0.3 is 9.88 Å². The largest absolute Gasteiger partial charge is 0.347 e. The van der Waals surface area contributed by atoms with Crippen LogP contribution in [0.1, 0.15) is 49.3 Å². The lowest BCUT2D eigenvalue weighted by Gasteiger charge is -2.50. The van der Waals surface area contributed by atoms with E-state index in [4.69, 9.17) is 0 Å². The number of piperidine rings is 2. The number of carbonyl (C=O) groups excluding carboxylic acids is 1. The molecule has 2 aliphatic heterocycles. The number of H-pyrrole nitrogens is 1. The Morgan fingerprint density at radius 1 is 1.15 bits per heavy atom. The second kappa shape index (κ2) is 6.79. The highest BCUT2D eigenvalue weighted by molar-refractivity contribution is 5.85. The van der Waals surface area contributed by atoms with Gasteiger partial charge in [0.25, 0.3) is 0 Å². The SMILES string of the molecule is O=C1C(c2ccccc2)CC2(CCN(Cc3cnc[nH]3)CC2)CN1C1CC1. The number of amides is 1. The van der Waals surface area contributed by atoms with Gasteiger partial charge in [-0.2, -0.15) is 0 Å². The van der Waals surface area contributed by atoms with Gasteiger partial charge in [-0.3, -0.25) is 9.69 Å². The topological polar surface area (TPSA) is 52.2 Å². The van der Waals surface area contributed by atoms with Gasteiger partial charge >= 0.3 is 0 Å². The van der Waals surface area contributed by atoms with Crippen LogP contribution in [0.4, 0.5) is 0 Å². The molecule has 2 aromatic rings. The zero-order valence-electron chi connectivity index (χ0n) is 15.8. The van der Waals surface area contributed by atoms with Crippen molar-refractivity contribution in [2.75, 3.05) is 19.6 Å². The normalized spacial score (nSPS) is 25.9. The molecule has 1 N–H and O–H groups in total. The standard InChI is InChI=1S/C22H28N4O/c27-21-20(17-4-2-1-3-5-17)12-22(15-26(21)19-6-7-19)8-10-25(11-9-22)14-18-13-23-16-24-18/h1-5,13,16,19-20H,6-12,14-15H2,(H,23,24). The number of rotatable bonds is 4. The number of likely N-dealkylation sites (tertiary alicyclic amines) is 2. The molecule has 0 bridgehead atoms. The molecule has 0 radical (unpaired) electrons. The van der Waals surface area contributed by atoms with Gasteiger partial charge in [0.2, 0.25) is 5.91 Å². The zero-order chi connectivity index (χ0) is 18.3. The molecule has 1 aromatic heterocycles. The first kappa shape index (κ1) is 17.0. The summed E-state index contributed by atoms with van der Waals surface area (Å²) in [4.78, 5) is 25.3. The molecule has 1 aliphatic carbocycles. The maximum atomic E-state index is 13.2. The van der Waals surface area contributed by atoms with Gasteiger partial charge in [0, 0.05) is 31.0 Å². The Bertz CT molecular complexity index is 776. The fraction of sp³-hybridized carbons (Fsp3) is 0.545. The molecule has 2 saturated heterocycles. The summed E-state index contributed by atoms with van der Waals surface area (Å²) in [5, 5.41) is 0. The van der Waals surface area contributed by atoms with Crippen molar-refractivity contribution in [1.29, 1.82) is 0 Å². The summed E-state index contributed by atoms with van der Waals surface area (Å²) < 4.78 is 0. The number of aromatic amines is 1. The van der Waals surface area contributed by atoms with E-state index in [0.29, 0.717) is 11.9 Å². The third-order valence-electron chi connectivity index (χ3n) is 6.78. The molecular weight excluding hydrogens is 336 g/mol. The molecule has 1 spiro atoms. The first-order valence-electron chi connectivity index (χ1n) is 10.3. The predicted octanol–water partition coefficient (Wildman–Crippen LogP) is 3.17. The van der Waals surface area contributed by atoms with Crippen molar-refractivity contribution in [3.63, 3.8) is 0 Å². The van der Waals surface area contributed by atoms with E-state index in [1.807, 2.05) is 12.3 Å². The van der Waals surface area contributed by atoms with Gasteiger partial charge in [0.05, 0.1) is 12.2 Å². The Balaban J connectivity index is 1.33. The summed E-state index contributed by atoms with van der Waals surface area (Å²) in [7, 11) is 0. The summed E-state index contributed by atoms with van der Waals surface area (Å²) in [5.74, 6) is 0.411. The maximum absolute atomic E-state index is 13.2. The molecule has 3 aliphatic rings. The summed E-state index contributed by atoms with van der Waals surface area (Å²) in [5.41, 5.74) is 2.67. The number of imidazole rings is 1. The summed E-state index contributed by atoms with van der Waals surface area (Å²) in [6.07, 6.45) is 9.43. The maximum Gasteiger partial charge on any atom is 0.230 e. The highest BCUT2D eigenvalue weighted by atomic mass is 16.2. The van der Waals surface area contributed by atoms with E-state index in [0.717, 1.165) is 32.6 Å². The van der Waals surface area contributed by atoms with Crippen LogP contribution in [-0.2, 0) is 11.3 Å². The monoisotopic (exact) mass is 364 g/mol. The van der Waals surface area contributed by atoms with E-state index >= 15 is 0 Å². The molecule has 1 unspecified atom stereocenters. The molecule has 3 heterocycles. The number of benzene rings is 1. The lowest BCUT2D eigenvalue weighted by molar-refractivity contribution is -0.142. The minimum atomic E-state index is 0.0414. The van der Waals surface area contributed by atoms with E-state index in [2.05, 4.69) is 44.0 Å². The van der Waals surface area contributed by atoms with Crippen molar-refractivity contribution >= 4 is 5.91 Å². The second-order valence-corrected chi connectivity index (χ2v) is 8.72. The van der Waals surface area contributed by atoms with Gasteiger partial charge in [0.1, 0.15) is 0 Å². The molecule has 27 heavy (non-hydrogen) atoms. The first-order chi connectivity index (χ1) is 13.2. The van der Waals surface area contributed by atoms with Crippen LogP contribution in [0.3, 0.4) is 0 Å². The third kappa shape index (κ3) is 3.41. The van der Waals surface area contributed by atoms with Crippen molar-refractivity contribution in [1.82, 2.24) is 19.8 Å². The highest BCUT2D eigenvalue weighted by Crippen LogP contribution is 2.48. The average Bonchev–Trinajstić information content (AvgIpc) is 3.43. The van der Waals surface area contributed by atoms with Crippen LogP contribution in [0.15, 0.2) is 42.9 Å². The molecular formula is C22H28N4O. The van der Waals surface area contributed by atoms with Crippen molar-refractivity contribution in [2.24, 2.45) is 5.41 Å². The number of nitrogens with zero attached hydrogens (tertiary/aromatic N) is 3. The zero-order valence-corrected chi connectivity index (χ0v) is 15.8. The van der Waals surface area contributed by atoms with Crippen LogP contribution in [0.5, 0.6) is 0 Å². The molecule has 5 nitrogen and oxygen atoms in total. The number of hydrogen-bond donors (Lipinski definition) is 1. The minimum absolute atomic E-state index is 0.0414. The minimum Gasteiger partial charge on any atom is -0.347 e. The number of hydrogen-bond acceptors (Lipinski definition) is 3. The van der Waals surface area contributed by atoms with Crippen LogP contribution in [0.2, 0.25) is 0 Å². The van der Waals surface area contributed by atoms with Crippen LogP contribution < -0.4 is 0 Å². The van der Waals surface area contributed by atoms with Gasteiger partial charge in [-0.05, 0) is 56.2 Å². The molecule has 5 rings (SSSR count). The molecule has 1 atom stereocenters. The van der Waals surface area contributed by atoms with Gasteiger partial charge in [-0.1, -0.05) is 30.3 Å². The Kier molecular flexibility index (Phi) is 4.27. The van der Waals surface area contributed by atoms with E-state index in [1.165, 1.54) is 36.9 Å². The lowest BCUT2D eigenvalue weighted by atomic mass is 9.67. The first-order valence-corrected chi connectivity index (χ1v) is 10.3. The summed E-state index contributed by atoms with van der Waals surface area (Å²) >= 11 is 0. The molecule has 5 heteroatoms. The smallest absolute Gasteiger partial charge is 0.230 e. The quantitative estimate of drug-likeness (QED) is 0.907. The van der Waals surface area contributed by atoms with E-state index < -0.39 is 0 Å². The number of nitrogens with one attached hydrogen (secondary N) is 1. The fourth-order valence-electron chi connectivity index (χ4n) is 5.03. The number of aromatic nitrogens is 2. The van der Waals surface area contributed by atoms with Crippen molar-refractivity contribution in [3.8, 4) is 0 Å². The van der Waals surface area contributed by atoms with Gasteiger partial charge in [-0.15, -0.1) is 0 Å². The Hall–Kier alpha value is -2.14. The average molecular weight is 364 g/mol. The van der Waals surface area contributed by atoms with Crippen molar-refractivity contribution < 1.29 is 4.79 Å². The number of carbonyl (C=O) groups is 1. The molecule has 3 fully saturated rings. The summed E-state index contributed by atoms with van der Waals surface area (Å²) in [6.45, 7) is 4.13. The summed E-state index contributed by atoms with van der Waals surface area (Å²) in [6, 6.07) is 11.0. The van der Waals surface area contributed by atoms with Crippen molar-refractivity contribution in [3.05, 3.63) is 54.1 Å². The molecule has 1 aromatic carbocycles. The van der Waals surface area contributed by atoms with Gasteiger partial charge in [0.15, 0.2) is 0 Å². The van der Waals surface area contributed by atoms with Crippen molar-refractivity contribution in [2.45, 2.75) is 50.6 Å². The third-order valence-corrected chi connectivity index (χ3v) is 6.78. The highest BCUT2D eigenvalue weighted by Gasteiger charge is 2.49. The Morgan fingerprint density at radius 2 is 1.93 bits per heavy atom. The predicted molar refractivity (Wildman–Crippen MR) is 104 cm³/mol. The van der Waals surface area contributed by atoms with Gasteiger partial charge in [-0.25, -0.2) is 4.98 Å². The van der Waals surface area contributed by atoms with E-state index in [-0.39, 0.29) is 11.3 Å². The lowest BCUT2D eigenvalue weighted by Crippen LogP contribution is -2.54. The Morgan fingerprint density at radius 3 is 2.59 bits per heavy atom. The second-order valence-electron chi connectivity index (χ2n) is 8.72. The van der Waals surface area contributed by atoms with Crippen LogP contribution in [0, 0.1) is 5.41 Å². The van der Waals surface area contributed by atoms with E-state index in [1.54, 1.807) is 6.33 Å². The Labute approximate surface area is 160 Å². The molecule has 1 saturated carbocycles.